The molecule has 51 heavy (non-hydrogen) atoms. The molecular weight excluding hydrogens is 619 g/mol. The van der Waals surface area contributed by atoms with Gasteiger partial charge in [0.25, 0.3) is 0 Å². The van der Waals surface area contributed by atoms with Crippen LogP contribution in [0.5, 0.6) is 0 Å². The van der Waals surface area contributed by atoms with Crippen LogP contribution in [0.1, 0.15) is 7.43 Å². The second kappa shape index (κ2) is 12.3. The molecule has 10 aromatic rings. The first kappa shape index (κ1) is 30.4. The fourth-order valence-electron chi connectivity index (χ4n) is 7.63. The predicted octanol–water partition coefficient (Wildman–Crippen LogP) is 12.9. The van der Waals surface area contributed by atoms with Crippen molar-refractivity contribution in [3.05, 3.63) is 188 Å². The van der Waals surface area contributed by atoms with Crippen LogP contribution >= 0.6 is 0 Å². The number of para-hydroxylation sites is 4. The van der Waals surface area contributed by atoms with E-state index in [0.29, 0.717) is 0 Å². The summed E-state index contributed by atoms with van der Waals surface area (Å²) in [5.74, 6) is 0. The first-order valence-electron chi connectivity index (χ1n) is 17.1. The second-order valence-electron chi connectivity index (χ2n) is 12.8. The van der Waals surface area contributed by atoms with Crippen LogP contribution in [-0.2, 0) is 0 Å². The maximum atomic E-state index is 5.38. The normalized spacial score (nSPS) is 11.4. The Morgan fingerprint density at radius 2 is 0.647 bits per heavy atom. The molecule has 0 N–H and O–H groups in total. The van der Waals surface area contributed by atoms with Gasteiger partial charge in [-0.2, -0.15) is 0 Å². The third kappa shape index (κ3) is 5.02. The van der Waals surface area contributed by atoms with Crippen LogP contribution in [0.15, 0.2) is 188 Å². The van der Waals surface area contributed by atoms with Crippen molar-refractivity contribution in [1.82, 2.24) is 14.1 Å². The molecule has 7 aromatic carbocycles. The van der Waals surface area contributed by atoms with Crippen molar-refractivity contribution >= 4 is 43.6 Å². The molecule has 0 spiro atoms. The third-order valence-corrected chi connectivity index (χ3v) is 9.89. The van der Waals surface area contributed by atoms with Gasteiger partial charge in [0.15, 0.2) is 0 Å². The van der Waals surface area contributed by atoms with E-state index in [-0.39, 0.29) is 7.43 Å². The number of benzene rings is 7. The highest BCUT2D eigenvalue weighted by Gasteiger charge is 2.16. The molecule has 0 unspecified atom stereocenters. The molecule has 0 aliphatic carbocycles. The molecule has 0 atom stereocenters. The number of nitrogens with zero attached hydrogens (tertiary/aromatic N) is 3. The van der Waals surface area contributed by atoms with Crippen LogP contribution in [0, 0.1) is 0 Å². The Kier molecular flexibility index (Phi) is 7.33. The topological polar surface area (TPSA) is 22.8 Å². The van der Waals surface area contributed by atoms with E-state index in [1.54, 1.807) is 0 Å². The summed E-state index contributed by atoms with van der Waals surface area (Å²) in [6.45, 7) is 0. The average Bonchev–Trinajstić information content (AvgIpc) is 3.71. The van der Waals surface area contributed by atoms with Gasteiger partial charge in [-0.15, -0.1) is 0 Å². The van der Waals surface area contributed by atoms with Gasteiger partial charge in [0.2, 0.25) is 0 Å². The Balaban J connectivity index is 0.00000348. The summed E-state index contributed by atoms with van der Waals surface area (Å²) in [4.78, 5) is 5.38. The minimum atomic E-state index is 0. The zero-order chi connectivity index (χ0) is 33.0. The Hall–Kier alpha value is -6.71. The molecular formula is C48H35N3. The molecule has 0 amide bonds. The maximum absolute atomic E-state index is 5.38. The van der Waals surface area contributed by atoms with Gasteiger partial charge in [0.1, 0.15) is 0 Å². The molecule has 0 aliphatic heterocycles. The van der Waals surface area contributed by atoms with Crippen LogP contribution in [0.2, 0.25) is 0 Å². The molecule has 0 saturated carbocycles. The van der Waals surface area contributed by atoms with Gasteiger partial charge in [-0.25, -0.2) is 4.98 Å². The first-order valence-corrected chi connectivity index (χ1v) is 17.1. The van der Waals surface area contributed by atoms with E-state index >= 15 is 0 Å². The van der Waals surface area contributed by atoms with Crippen LogP contribution in [0.4, 0.5) is 0 Å². The van der Waals surface area contributed by atoms with Crippen molar-refractivity contribution < 1.29 is 0 Å². The summed E-state index contributed by atoms with van der Waals surface area (Å²) in [7, 11) is 0. The molecule has 0 saturated heterocycles. The molecule has 10 rings (SSSR count). The highest BCUT2D eigenvalue weighted by molar-refractivity contribution is 6.10. The lowest BCUT2D eigenvalue weighted by Gasteiger charge is -2.14. The molecule has 0 bridgehead atoms. The van der Waals surface area contributed by atoms with Crippen molar-refractivity contribution in [2.45, 2.75) is 7.43 Å². The lowest BCUT2D eigenvalue weighted by atomic mass is 9.99. The number of pyridine rings is 1. The van der Waals surface area contributed by atoms with Crippen LogP contribution < -0.4 is 0 Å². The van der Waals surface area contributed by atoms with Gasteiger partial charge in [-0.05, 0) is 71.8 Å². The van der Waals surface area contributed by atoms with Crippen molar-refractivity contribution in [3.63, 3.8) is 0 Å². The number of hydrogen-bond acceptors (Lipinski definition) is 1. The highest BCUT2D eigenvalue weighted by Crippen LogP contribution is 2.36. The van der Waals surface area contributed by atoms with E-state index in [9.17, 15) is 0 Å². The minimum Gasteiger partial charge on any atom is -0.309 e. The molecule has 3 nitrogen and oxygen atoms in total. The lowest BCUT2D eigenvalue weighted by Crippen LogP contribution is -1.97. The summed E-state index contributed by atoms with van der Waals surface area (Å²) in [5, 5.41) is 5.01. The van der Waals surface area contributed by atoms with Gasteiger partial charge in [0.05, 0.1) is 33.5 Å². The number of aromatic nitrogens is 3. The fraction of sp³-hybridized carbons (Fsp3) is 0.0208. The molecule has 0 radical (unpaired) electrons. The van der Waals surface area contributed by atoms with Crippen LogP contribution in [0.25, 0.3) is 88.6 Å². The van der Waals surface area contributed by atoms with E-state index in [2.05, 4.69) is 197 Å². The van der Waals surface area contributed by atoms with Gasteiger partial charge in [0, 0.05) is 44.0 Å². The van der Waals surface area contributed by atoms with Crippen molar-refractivity contribution in [1.29, 1.82) is 0 Å². The summed E-state index contributed by atoms with van der Waals surface area (Å²) < 4.78 is 4.73. The monoisotopic (exact) mass is 653 g/mol. The summed E-state index contributed by atoms with van der Waals surface area (Å²) in [6, 6.07) is 67.2. The molecule has 0 aliphatic rings. The first-order chi connectivity index (χ1) is 24.8. The van der Waals surface area contributed by atoms with E-state index in [4.69, 9.17) is 4.98 Å². The van der Waals surface area contributed by atoms with Crippen LogP contribution in [-0.4, -0.2) is 14.1 Å². The molecule has 3 heteroatoms. The summed E-state index contributed by atoms with van der Waals surface area (Å²) in [5.41, 5.74) is 13.3. The SMILES string of the molecule is C.c1ccc(-c2cc(-c3cccc(-n4c5ccccc5c5ccccc54)c3)nc(-c3cccc(-n4c5ccccc5c5ccccc54)c3)c2)cc1. The van der Waals surface area contributed by atoms with Gasteiger partial charge in [-0.3, -0.25) is 0 Å². The fourth-order valence-corrected chi connectivity index (χ4v) is 7.63. The van der Waals surface area contributed by atoms with Gasteiger partial charge >= 0.3 is 0 Å². The second-order valence-corrected chi connectivity index (χ2v) is 12.8. The average molecular weight is 654 g/mol. The minimum absolute atomic E-state index is 0. The zero-order valence-corrected chi connectivity index (χ0v) is 27.2. The molecule has 3 heterocycles. The lowest BCUT2D eigenvalue weighted by molar-refractivity contribution is 1.17. The maximum Gasteiger partial charge on any atom is 0.0716 e. The molecule has 0 fully saturated rings. The van der Waals surface area contributed by atoms with Crippen molar-refractivity contribution in [2.24, 2.45) is 0 Å². The summed E-state index contributed by atoms with van der Waals surface area (Å²) in [6.07, 6.45) is 0. The van der Waals surface area contributed by atoms with Gasteiger partial charge in [-0.1, -0.05) is 135 Å². The van der Waals surface area contributed by atoms with Crippen molar-refractivity contribution in [3.8, 4) is 45.0 Å². The predicted molar refractivity (Wildman–Crippen MR) is 216 cm³/mol. The summed E-state index contributed by atoms with van der Waals surface area (Å²) >= 11 is 0. The van der Waals surface area contributed by atoms with E-state index < -0.39 is 0 Å². The van der Waals surface area contributed by atoms with Crippen LogP contribution in [0.3, 0.4) is 0 Å². The number of fused-ring (bicyclic) bond motifs is 6. The Morgan fingerprint density at radius 1 is 0.294 bits per heavy atom. The third-order valence-electron chi connectivity index (χ3n) is 9.89. The molecule has 3 aromatic heterocycles. The van der Waals surface area contributed by atoms with E-state index in [0.717, 1.165) is 45.0 Å². The molecule has 242 valence electrons. The van der Waals surface area contributed by atoms with E-state index in [1.807, 2.05) is 0 Å². The highest BCUT2D eigenvalue weighted by atomic mass is 15.0. The quantitative estimate of drug-likeness (QED) is 0.181. The number of hydrogen-bond donors (Lipinski definition) is 0. The number of rotatable bonds is 5. The standard InChI is InChI=1S/C47H31N3.CH4/c1-2-14-32(15-3-1)35-30-42(33-16-12-18-36(28-33)49-44-24-8-4-20-38(44)39-21-5-9-25-45(39)49)48-43(31-35)34-17-13-19-37(29-34)50-46-26-10-6-22-40(46)41-23-7-11-27-47(41)50;/h1-31H;1H4. The van der Waals surface area contributed by atoms with E-state index in [1.165, 1.54) is 43.6 Å². The zero-order valence-electron chi connectivity index (χ0n) is 27.2. The smallest absolute Gasteiger partial charge is 0.0716 e. The Labute approximate surface area is 297 Å². The van der Waals surface area contributed by atoms with Crippen molar-refractivity contribution in [2.75, 3.05) is 0 Å². The largest absolute Gasteiger partial charge is 0.309 e. The Bertz CT molecular complexity index is 2590. The Morgan fingerprint density at radius 3 is 1.06 bits per heavy atom. The van der Waals surface area contributed by atoms with Gasteiger partial charge < -0.3 is 9.13 Å².